The van der Waals surface area contributed by atoms with Crippen molar-refractivity contribution in [2.24, 2.45) is 0 Å². The van der Waals surface area contributed by atoms with Gasteiger partial charge in [0.15, 0.2) is 0 Å². The number of hydrogen-bond acceptors (Lipinski definition) is 8. The normalized spacial score (nSPS) is 15.1. The number of anilines is 2. The fourth-order valence-electron chi connectivity index (χ4n) is 6.13. The van der Waals surface area contributed by atoms with E-state index in [1.165, 1.54) is 21.7 Å². The number of rotatable bonds is 10. The third kappa shape index (κ3) is 6.61. The molecule has 0 aliphatic carbocycles. The number of furan rings is 1. The molecule has 5 aromatic rings. The molecule has 3 aromatic carbocycles. The average Bonchev–Trinajstić information content (AvgIpc) is 3.67. The molecule has 9 nitrogen and oxygen atoms in total. The minimum atomic E-state index is -4.11. The number of esters is 1. The van der Waals surface area contributed by atoms with Crippen LogP contribution < -0.4 is 9.21 Å². The topological polar surface area (TPSA) is 100 Å². The Bertz CT molecular complexity index is 2060. The first kappa shape index (κ1) is 33.8. The highest BCUT2D eigenvalue weighted by atomic mass is 79.9. The number of halogens is 1. The molecular weight excluding hydrogens is 714 g/mol. The third-order valence-electron chi connectivity index (χ3n) is 8.59. The van der Waals surface area contributed by atoms with E-state index in [2.05, 4.69) is 27.8 Å². The quantitative estimate of drug-likeness (QED) is 0.136. The molecule has 2 aromatic heterocycles. The number of hydrogen-bond donors (Lipinski definition) is 0. The van der Waals surface area contributed by atoms with Crippen LogP contribution in [0.5, 0.6) is 0 Å². The highest BCUT2D eigenvalue weighted by molar-refractivity contribution is 9.10. The Morgan fingerprint density at radius 3 is 2.50 bits per heavy atom. The van der Waals surface area contributed by atoms with Crippen LogP contribution in [0.2, 0.25) is 0 Å². The molecule has 0 spiro atoms. The molecule has 0 radical (unpaired) electrons. The minimum Gasteiger partial charge on any atom is -0.460 e. The number of ether oxygens (including phenoxy) is 1. The first-order valence-electron chi connectivity index (χ1n) is 15.7. The van der Waals surface area contributed by atoms with Gasteiger partial charge in [-0.15, -0.1) is 11.3 Å². The van der Waals surface area contributed by atoms with Crippen molar-refractivity contribution in [2.45, 2.75) is 38.1 Å². The zero-order chi connectivity index (χ0) is 34.0. The van der Waals surface area contributed by atoms with Crippen molar-refractivity contribution in [3.63, 3.8) is 0 Å². The molecular formula is C36H36BrN3O6S2. The van der Waals surface area contributed by atoms with Gasteiger partial charge in [0.05, 0.1) is 22.9 Å². The summed E-state index contributed by atoms with van der Waals surface area (Å²) in [5, 5.41) is 2.42. The number of para-hydroxylation sites is 2. The van der Waals surface area contributed by atoms with Crippen molar-refractivity contribution < 1.29 is 27.2 Å². The van der Waals surface area contributed by atoms with Crippen molar-refractivity contribution in [1.29, 1.82) is 0 Å². The SMILES string of the molecule is CCOC(=O)c1oc2ccc(S(=O)(=O)N(CCc3ccccc3)c3ccccc3N3CCN(C(=O)c4sccc4Br)C[C@@H]3C)cc2c1C. The number of nitrogens with zero attached hydrogens (tertiary/aromatic N) is 3. The molecule has 48 heavy (non-hydrogen) atoms. The number of thiophene rings is 1. The standard InChI is InChI=1S/C36H36BrN3O6S2/c1-4-45-36(42)33-25(3)28-22-27(14-15-32(28)46-33)48(43,44)40(18-16-26-10-6-5-7-11-26)31-13-9-8-12-30(31)39-20-19-38(23-24(39)2)35(41)34-29(37)17-21-47-34/h5-15,17,21-22,24H,4,16,18-20,23H2,1-3H3/t24-/m0/s1. The Morgan fingerprint density at radius 2 is 1.79 bits per heavy atom. The second-order valence-corrected chi connectivity index (χ2v) is 15.3. The molecule has 6 rings (SSSR count). The van der Waals surface area contributed by atoms with Crippen molar-refractivity contribution in [3.05, 3.63) is 110 Å². The second kappa shape index (κ2) is 14.2. The molecule has 1 atom stereocenters. The summed E-state index contributed by atoms with van der Waals surface area (Å²) in [4.78, 5) is 30.6. The van der Waals surface area contributed by atoms with Crippen LogP contribution in [0.3, 0.4) is 0 Å². The lowest BCUT2D eigenvalue weighted by Crippen LogP contribution is -2.54. The summed E-state index contributed by atoms with van der Waals surface area (Å²) >= 11 is 4.90. The molecule has 0 N–H and O–H groups in total. The monoisotopic (exact) mass is 749 g/mol. The van der Waals surface area contributed by atoms with Gasteiger partial charge in [0.1, 0.15) is 10.5 Å². The first-order chi connectivity index (χ1) is 23.1. The van der Waals surface area contributed by atoms with E-state index in [0.717, 1.165) is 15.7 Å². The van der Waals surface area contributed by atoms with E-state index in [1.54, 1.807) is 26.0 Å². The van der Waals surface area contributed by atoms with E-state index in [4.69, 9.17) is 9.15 Å². The lowest BCUT2D eigenvalue weighted by Gasteiger charge is -2.42. The zero-order valence-electron chi connectivity index (χ0n) is 26.9. The van der Waals surface area contributed by atoms with Crippen LogP contribution in [-0.4, -0.2) is 64.0 Å². The molecule has 1 amide bonds. The van der Waals surface area contributed by atoms with Gasteiger partial charge in [-0.25, -0.2) is 13.2 Å². The Labute approximate surface area is 292 Å². The van der Waals surface area contributed by atoms with E-state index in [1.807, 2.05) is 70.9 Å². The van der Waals surface area contributed by atoms with Gasteiger partial charge in [-0.05, 0) is 90.5 Å². The average molecular weight is 751 g/mol. The number of amides is 1. The Hall–Kier alpha value is -4.13. The van der Waals surface area contributed by atoms with Crippen LogP contribution in [0.1, 0.15) is 45.2 Å². The highest BCUT2D eigenvalue weighted by Gasteiger charge is 2.33. The van der Waals surface area contributed by atoms with Crippen LogP contribution in [0.15, 0.2) is 98.0 Å². The summed E-state index contributed by atoms with van der Waals surface area (Å²) in [5.41, 5.74) is 3.26. The van der Waals surface area contributed by atoms with Crippen molar-refractivity contribution in [1.82, 2.24) is 4.90 Å². The predicted molar refractivity (Wildman–Crippen MR) is 193 cm³/mol. The molecule has 1 aliphatic rings. The Kier molecular flexibility index (Phi) is 9.95. The summed E-state index contributed by atoms with van der Waals surface area (Å²) in [5.74, 6) is -0.543. The zero-order valence-corrected chi connectivity index (χ0v) is 30.1. The lowest BCUT2D eigenvalue weighted by atomic mass is 10.1. The van der Waals surface area contributed by atoms with Gasteiger partial charge in [0.25, 0.3) is 15.9 Å². The molecule has 1 fully saturated rings. The predicted octanol–water partition coefficient (Wildman–Crippen LogP) is 7.53. The van der Waals surface area contributed by atoms with Crippen molar-refractivity contribution in [3.8, 4) is 0 Å². The summed E-state index contributed by atoms with van der Waals surface area (Å²) in [7, 11) is -4.11. The highest BCUT2D eigenvalue weighted by Crippen LogP contribution is 2.37. The van der Waals surface area contributed by atoms with Gasteiger partial charge in [0, 0.05) is 47.6 Å². The van der Waals surface area contributed by atoms with E-state index < -0.39 is 16.0 Å². The van der Waals surface area contributed by atoms with E-state index in [9.17, 15) is 18.0 Å². The number of sulfonamides is 1. The van der Waals surface area contributed by atoms with Gasteiger partial charge in [-0.1, -0.05) is 42.5 Å². The molecule has 12 heteroatoms. The molecule has 0 bridgehead atoms. The van der Waals surface area contributed by atoms with Gasteiger partial charge in [-0.2, -0.15) is 0 Å². The van der Waals surface area contributed by atoms with Gasteiger partial charge >= 0.3 is 5.97 Å². The largest absolute Gasteiger partial charge is 0.460 e. The number of fused-ring (bicyclic) bond motifs is 1. The Morgan fingerprint density at radius 1 is 1.04 bits per heavy atom. The van der Waals surface area contributed by atoms with Crippen LogP contribution in [0, 0.1) is 6.92 Å². The van der Waals surface area contributed by atoms with Crippen molar-refractivity contribution >= 4 is 71.5 Å². The van der Waals surface area contributed by atoms with E-state index in [0.29, 0.717) is 53.2 Å². The number of aryl methyl sites for hydroxylation is 1. The molecule has 0 unspecified atom stereocenters. The van der Waals surface area contributed by atoms with Crippen LogP contribution >= 0.6 is 27.3 Å². The maximum atomic E-state index is 14.7. The summed E-state index contributed by atoms with van der Waals surface area (Å²) in [6, 6.07) is 23.8. The number of carbonyl (C=O) groups is 2. The fraction of sp³-hybridized carbons (Fsp3) is 0.278. The molecule has 1 aliphatic heterocycles. The second-order valence-electron chi connectivity index (χ2n) is 11.6. The molecule has 3 heterocycles. The summed E-state index contributed by atoms with van der Waals surface area (Å²) in [6.07, 6.45) is 0.488. The van der Waals surface area contributed by atoms with Crippen molar-refractivity contribution in [2.75, 3.05) is 42.0 Å². The van der Waals surface area contributed by atoms with Crippen LogP contribution in [0.4, 0.5) is 11.4 Å². The number of piperazine rings is 1. The fourth-order valence-corrected chi connectivity index (χ4v) is 9.15. The maximum absolute atomic E-state index is 14.7. The van der Waals surface area contributed by atoms with Gasteiger partial charge < -0.3 is 19.0 Å². The number of benzene rings is 3. The molecule has 0 saturated carbocycles. The molecule has 250 valence electrons. The van der Waals surface area contributed by atoms with Gasteiger partial charge in [-0.3, -0.25) is 9.10 Å². The van der Waals surface area contributed by atoms with E-state index >= 15 is 0 Å². The summed E-state index contributed by atoms with van der Waals surface area (Å²) < 4.78 is 42.6. The van der Waals surface area contributed by atoms with Gasteiger partial charge in [0.2, 0.25) is 5.76 Å². The third-order valence-corrected chi connectivity index (χ3v) is 12.2. The lowest BCUT2D eigenvalue weighted by molar-refractivity contribution is 0.0491. The summed E-state index contributed by atoms with van der Waals surface area (Å²) in [6.45, 7) is 7.41. The smallest absolute Gasteiger partial charge is 0.374 e. The Balaban J connectivity index is 1.36. The van der Waals surface area contributed by atoms with Crippen LogP contribution in [0.25, 0.3) is 11.0 Å². The maximum Gasteiger partial charge on any atom is 0.374 e. The minimum absolute atomic E-state index is 0.0141. The molecule has 1 saturated heterocycles. The van der Waals surface area contributed by atoms with Crippen LogP contribution in [-0.2, 0) is 21.2 Å². The first-order valence-corrected chi connectivity index (χ1v) is 18.9. The number of carbonyl (C=O) groups excluding carboxylic acids is 2. The van der Waals surface area contributed by atoms with E-state index in [-0.39, 0.29) is 35.8 Å².